The van der Waals surface area contributed by atoms with Gasteiger partial charge in [-0.05, 0) is 26.8 Å². The highest BCUT2D eigenvalue weighted by molar-refractivity contribution is 5.41. The summed E-state index contributed by atoms with van der Waals surface area (Å²) in [5.74, 6) is 2.20. The molecule has 0 radical (unpaired) electrons. The lowest BCUT2D eigenvalue weighted by Gasteiger charge is -2.11. The van der Waals surface area contributed by atoms with Crippen molar-refractivity contribution in [3.05, 3.63) is 18.2 Å². The van der Waals surface area contributed by atoms with Crippen LogP contribution in [0.3, 0.4) is 0 Å². The molecule has 1 N–H and O–H groups in total. The van der Waals surface area contributed by atoms with Crippen molar-refractivity contribution in [2.45, 2.75) is 26.4 Å². The Kier molecular flexibility index (Phi) is 8.62. The fraction of sp³-hybridized carbons (Fsp3) is 0.625. The predicted molar refractivity (Wildman–Crippen MR) is 83.6 cm³/mol. The largest absolute Gasteiger partial charge is 0.496 e. The average molecular weight is 297 g/mol. The number of ether oxygens (including phenoxy) is 4. The molecule has 0 spiro atoms. The summed E-state index contributed by atoms with van der Waals surface area (Å²) in [4.78, 5) is 0. The van der Waals surface area contributed by atoms with Crippen LogP contribution in [0.2, 0.25) is 0 Å². The van der Waals surface area contributed by atoms with Crippen LogP contribution in [0.15, 0.2) is 18.2 Å². The van der Waals surface area contributed by atoms with Crippen molar-refractivity contribution >= 4 is 0 Å². The monoisotopic (exact) mass is 297 g/mol. The van der Waals surface area contributed by atoms with Gasteiger partial charge >= 0.3 is 0 Å². The van der Waals surface area contributed by atoms with Crippen LogP contribution in [0.4, 0.5) is 0 Å². The summed E-state index contributed by atoms with van der Waals surface area (Å²) in [5.41, 5.74) is 0. The Hall–Kier alpha value is -1.46. The van der Waals surface area contributed by atoms with Crippen molar-refractivity contribution in [3.63, 3.8) is 0 Å². The van der Waals surface area contributed by atoms with E-state index in [0.717, 1.165) is 43.4 Å². The summed E-state index contributed by atoms with van der Waals surface area (Å²) in [7, 11) is 3.25. The predicted octanol–water partition coefficient (Wildman–Crippen LogP) is 2.49. The lowest BCUT2D eigenvalue weighted by Crippen LogP contribution is -2.23. The molecule has 0 amide bonds. The Labute approximate surface area is 127 Å². The van der Waals surface area contributed by atoms with Crippen molar-refractivity contribution in [3.8, 4) is 17.2 Å². The minimum absolute atomic E-state index is 0.302. The molecule has 0 aliphatic carbocycles. The van der Waals surface area contributed by atoms with Crippen LogP contribution in [0.1, 0.15) is 20.3 Å². The van der Waals surface area contributed by atoms with Gasteiger partial charge in [-0.1, -0.05) is 0 Å². The highest BCUT2D eigenvalue weighted by Gasteiger charge is 2.02. The average Bonchev–Trinajstić information content (AvgIpc) is 2.49. The van der Waals surface area contributed by atoms with Crippen LogP contribution in [-0.2, 0) is 4.74 Å². The van der Waals surface area contributed by atoms with Crippen molar-refractivity contribution in [2.75, 3.05) is 40.5 Å². The van der Waals surface area contributed by atoms with E-state index in [4.69, 9.17) is 18.9 Å². The fourth-order valence-electron chi connectivity index (χ4n) is 1.75. The SMILES string of the molecule is COc1cc(OC)cc(OCCNCCCOC(C)C)c1. The second-order valence-electron chi connectivity index (χ2n) is 4.92. The molecule has 0 fully saturated rings. The molecule has 0 atom stereocenters. The van der Waals surface area contributed by atoms with Gasteiger partial charge in [-0.2, -0.15) is 0 Å². The number of hydrogen-bond acceptors (Lipinski definition) is 5. The van der Waals surface area contributed by atoms with Crippen LogP contribution in [-0.4, -0.2) is 46.6 Å². The van der Waals surface area contributed by atoms with E-state index in [1.807, 2.05) is 32.0 Å². The first-order chi connectivity index (χ1) is 10.2. The molecule has 5 heteroatoms. The lowest BCUT2D eigenvalue weighted by atomic mass is 10.3. The number of nitrogens with one attached hydrogen (secondary N) is 1. The maximum atomic E-state index is 5.68. The van der Waals surface area contributed by atoms with Gasteiger partial charge < -0.3 is 24.3 Å². The second kappa shape index (κ2) is 10.3. The van der Waals surface area contributed by atoms with E-state index >= 15 is 0 Å². The van der Waals surface area contributed by atoms with Gasteiger partial charge in [0.05, 0.1) is 20.3 Å². The third-order valence-electron chi connectivity index (χ3n) is 2.82. The molecule has 0 aliphatic heterocycles. The van der Waals surface area contributed by atoms with Gasteiger partial charge in [0.2, 0.25) is 0 Å². The van der Waals surface area contributed by atoms with Gasteiger partial charge in [0.1, 0.15) is 23.9 Å². The van der Waals surface area contributed by atoms with E-state index in [-0.39, 0.29) is 0 Å². The molecule has 0 bridgehead atoms. The smallest absolute Gasteiger partial charge is 0.126 e. The Balaban J connectivity index is 2.17. The van der Waals surface area contributed by atoms with Gasteiger partial charge in [-0.25, -0.2) is 0 Å². The zero-order chi connectivity index (χ0) is 15.5. The van der Waals surface area contributed by atoms with Gasteiger partial charge in [0.25, 0.3) is 0 Å². The number of benzene rings is 1. The van der Waals surface area contributed by atoms with E-state index in [1.165, 1.54) is 0 Å². The zero-order valence-corrected chi connectivity index (χ0v) is 13.5. The van der Waals surface area contributed by atoms with Gasteiger partial charge in [-0.15, -0.1) is 0 Å². The normalized spacial score (nSPS) is 10.7. The summed E-state index contributed by atoms with van der Waals surface area (Å²) in [6.07, 6.45) is 1.31. The lowest BCUT2D eigenvalue weighted by molar-refractivity contribution is 0.0770. The standard InChI is InChI=1S/C16H27NO4/c1-13(2)20-8-5-6-17-7-9-21-16-11-14(18-3)10-15(12-16)19-4/h10-13,17H,5-9H2,1-4H3. The van der Waals surface area contributed by atoms with Crippen LogP contribution < -0.4 is 19.5 Å². The molecule has 5 nitrogen and oxygen atoms in total. The quantitative estimate of drug-likeness (QED) is 0.636. The Morgan fingerprint density at radius 3 is 2.10 bits per heavy atom. The maximum Gasteiger partial charge on any atom is 0.126 e. The first kappa shape index (κ1) is 17.6. The van der Waals surface area contributed by atoms with E-state index in [0.29, 0.717) is 12.7 Å². The summed E-state index contributed by atoms with van der Waals surface area (Å²) in [6.45, 7) is 7.20. The van der Waals surface area contributed by atoms with Crippen molar-refractivity contribution in [2.24, 2.45) is 0 Å². The second-order valence-corrected chi connectivity index (χ2v) is 4.92. The minimum atomic E-state index is 0.302. The topological polar surface area (TPSA) is 49.0 Å². The maximum absolute atomic E-state index is 5.68. The van der Waals surface area contributed by atoms with E-state index in [9.17, 15) is 0 Å². The molecule has 21 heavy (non-hydrogen) atoms. The van der Waals surface area contributed by atoms with E-state index in [2.05, 4.69) is 5.32 Å². The number of hydrogen-bond donors (Lipinski definition) is 1. The molecule has 0 heterocycles. The number of methoxy groups -OCH3 is 2. The fourth-order valence-corrected chi connectivity index (χ4v) is 1.75. The minimum Gasteiger partial charge on any atom is -0.496 e. The first-order valence-corrected chi connectivity index (χ1v) is 7.34. The van der Waals surface area contributed by atoms with Crippen molar-refractivity contribution in [1.82, 2.24) is 5.32 Å². The van der Waals surface area contributed by atoms with Crippen LogP contribution >= 0.6 is 0 Å². The van der Waals surface area contributed by atoms with Gasteiger partial charge in [0, 0.05) is 31.4 Å². The Morgan fingerprint density at radius 1 is 0.905 bits per heavy atom. The van der Waals surface area contributed by atoms with Crippen LogP contribution in [0, 0.1) is 0 Å². The molecule has 0 aromatic heterocycles. The molecule has 0 saturated carbocycles. The third-order valence-corrected chi connectivity index (χ3v) is 2.82. The molecule has 1 rings (SSSR count). The molecule has 1 aromatic carbocycles. The molecular weight excluding hydrogens is 270 g/mol. The summed E-state index contributed by atoms with van der Waals surface area (Å²) in [6, 6.07) is 5.51. The third kappa shape index (κ3) is 7.78. The van der Waals surface area contributed by atoms with Crippen molar-refractivity contribution < 1.29 is 18.9 Å². The Bertz CT molecular complexity index is 374. The van der Waals surface area contributed by atoms with Gasteiger partial charge in [0.15, 0.2) is 0 Å². The number of rotatable bonds is 11. The van der Waals surface area contributed by atoms with Crippen molar-refractivity contribution in [1.29, 1.82) is 0 Å². The summed E-state index contributed by atoms with van der Waals surface area (Å²) in [5, 5.41) is 3.32. The van der Waals surface area contributed by atoms with Crippen LogP contribution in [0.5, 0.6) is 17.2 Å². The highest BCUT2D eigenvalue weighted by atomic mass is 16.5. The molecule has 0 unspecified atom stereocenters. The van der Waals surface area contributed by atoms with E-state index in [1.54, 1.807) is 14.2 Å². The van der Waals surface area contributed by atoms with Gasteiger partial charge in [-0.3, -0.25) is 0 Å². The molecular formula is C16H27NO4. The van der Waals surface area contributed by atoms with E-state index < -0.39 is 0 Å². The molecule has 0 saturated heterocycles. The zero-order valence-electron chi connectivity index (χ0n) is 13.5. The summed E-state index contributed by atoms with van der Waals surface area (Å²) >= 11 is 0. The first-order valence-electron chi connectivity index (χ1n) is 7.34. The molecule has 0 aliphatic rings. The summed E-state index contributed by atoms with van der Waals surface area (Å²) < 4.78 is 21.5. The van der Waals surface area contributed by atoms with Crippen LogP contribution in [0.25, 0.3) is 0 Å². The molecule has 1 aromatic rings. The Morgan fingerprint density at radius 2 is 1.52 bits per heavy atom. The molecule has 120 valence electrons. The highest BCUT2D eigenvalue weighted by Crippen LogP contribution is 2.27.